The molecule has 0 saturated carbocycles. The maximum Gasteiger partial charge on any atom is 0.304 e. The second kappa shape index (κ2) is 3.69. The number of aliphatic hydroxyl groups excluding tert-OH is 1. The summed E-state index contributed by atoms with van der Waals surface area (Å²) in [6, 6.07) is -0.495. The van der Waals surface area contributed by atoms with Crippen LogP contribution in [-0.2, 0) is 4.79 Å². The molecular weight excluding hydrogens is 146 g/mol. The van der Waals surface area contributed by atoms with E-state index in [1.54, 1.807) is 13.8 Å². The maximum absolute atomic E-state index is 10.2. The number of carbonyl (C=O) groups is 1. The van der Waals surface area contributed by atoms with Gasteiger partial charge >= 0.3 is 5.97 Å². The van der Waals surface area contributed by atoms with E-state index in [9.17, 15) is 4.79 Å². The van der Waals surface area contributed by atoms with Crippen LogP contribution in [-0.4, -0.2) is 28.8 Å². The van der Waals surface area contributed by atoms with Crippen LogP contribution in [0.2, 0.25) is 0 Å². The molecule has 4 N–H and O–H groups in total. The monoisotopic (exact) mass is 161 g/mol. The Balaban J connectivity index is 4.01. The highest BCUT2D eigenvalue weighted by atomic mass is 16.4. The number of carboxylic acids is 1. The summed E-state index contributed by atoms with van der Waals surface area (Å²) in [5.74, 6) is -0.931. The van der Waals surface area contributed by atoms with Crippen LogP contribution in [0.15, 0.2) is 0 Å². The average molecular weight is 161 g/mol. The molecule has 0 aliphatic carbocycles. The summed E-state index contributed by atoms with van der Waals surface area (Å²) in [6.07, 6.45) is -0.104. The largest absolute Gasteiger partial charge is 0.481 e. The van der Waals surface area contributed by atoms with Crippen molar-refractivity contribution >= 4 is 5.97 Å². The Kier molecular flexibility index (Phi) is 3.48. The van der Waals surface area contributed by atoms with Crippen molar-refractivity contribution in [1.29, 1.82) is 0 Å². The number of aliphatic hydroxyl groups is 1. The van der Waals surface area contributed by atoms with Gasteiger partial charge in [-0.15, -0.1) is 0 Å². The Bertz CT molecular complexity index is 145. The summed E-state index contributed by atoms with van der Waals surface area (Å²) >= 11 is 0. The van der Waals surface area contributed by atoms with Gasteiger partial charge in [-0.3, -0.25) is 4.79 Å². The average Bonchev–Trinajstić information content (AvgIpc) is 1.86. The van der Waals surface area contributed by atoms with Crippen molar-refractivity contribution in [3.8, 4) is 0 Å². The highest BCUT2D eigenvalue weighted by Gasteiger charge is 2.27. The molecule has 1 unspecified atom stereocenters. The van der Waals surface area contributed by atoms with Gasteiger partial charge in [0.2, 0.25) is 0 Å². The molecule has 1 atom stereocenters. The Morgan fingerprint density at radius 3 is 2.36 bits per heavy atom. The number of carboxylic acid groups (broad SMARTS) is 1. The molecule has 0 amide bonds. The van der Waals surface area contributed by atoms with E-state index in [0.717, 1.165) is 0 Å². The lowest BCUT2D eigenvalue weighted by Gasteiger charge is -2.27. The second-order valence-corrected chi connectivity index (χ2v) is 3.35. The van der Waals surface area contributed by atoms with E-state index in [1.165, 1.54) is 0 Å². The van der Waals surface area contributed by atoms with Crippen molar-refractivity contribution in [2.45, 2.75) is 26.3 Å². The number of hydrogen-bond donors (Lipinski definition) is 3. The fraction of sp³-hybridized carbons (Fsp3) is 0.857. The van der Waals surface area contributed by atoms with Crippen molar-refractivity contribution < 1.29 is 15.0 Å². The number of nitrogens with two attached hydrogens (primary N) is 1. The van der Waals surface area contributed by atoms with Gasteiger partial charge in [0.1, 0.15) is 0 Å². The van der Waals surface area contributed by atoms with E-state index >= 15 is 0 Å². The lowest BCUT2D eigenvalue weighted by atomic mass is 9.84. The molecule has 0 aliphatic rings. The zero-order valence-corrected chi connectivity index (χ0v) is 6.87. The molecule has 0 fully saturated rings. The van der Waals surface area contributed by atoms with E-state index in [4.69, 9.17) is 15.9 Å². The molecule has 4 nitrogen and oxygen atoms in total. The molecule has 0 rings (SSSR count). The first-order chi connectivity index (χ1) is 4.90. The number of rotatable bonds is 4. The predicted molar refractivity (Wildman–Crippen MR) is 41.1 cm³/mol. The van der Waals surface area contributed by atoms with Gasteiger partial charge in [0.25, 0.3) is 0 Å². The van der Waals surface area contributed by atoms with Gasteiger partial charge in [0.05, 0.1) is 6.42 Å². The second-order valence-electron chi connectivity index (χ2n) is 3.35. The van der Waals surface area contributed by atoms with Crippen LogP contribution in [0.3, 0.4) is 0 Å². The molecule has 0 heterocycles. The van der Waals surface area contributed by atoms with Crippen LogP contribution in [0.5, 0.6) is 0 Å². The molecule has 0 radical (unpaired) electrons. The highest BCUT2D eigenvalue weighted by molar-refractivity contribution is 5.67. The van der Waals surface area contributed by atoms with Gasteiger partial charge < -0.3 is 15.9 Å². The van der Waals surface area contributed by atoms with Crippen LogP contribution >= 0.6 is 0 Å². The third kappa shape index (κ3) is 3.34. The van der Waals surface area contributed by atoms with Gasteiger partial charge in [-0.2, -0.15) is 0 Å². The molecule has 66 valence electrons. The first-order valence-corrected chi connectivity index (χ1v) is 3.48. The molecule has 0 spiro atoms. The van der Waals surface area contributed by atoms with Crippen molar-refractivity contribution in [1.82, 2.24) is 0 Å². The van der Waals surface area contributed by atoms with Crippen LogP contribution in [0, 0.1) is 5.41 Å². The van der Waals surface area contributed by atoms with Crippen LogP contribution in [0.1, 0.15) is 20.3 Å². The first kappa shape index (κ1) is 10.4. The van der Waals surface area contributed by atoms with Crippen molar-refractivity contribution in [2.75, 3.05) is 6.61 Å². The molecular formula is C7H15NO3. The number of aliphatic carboxylic acids is 1. The normalized spacial score (nSPS) is 14.5. The van der Waals surface area contributed by atoms with Crippen molar-refractivity contribution in [2.24, 2.45) is 11.1 Å². The summed E-state index contributed by atoms with van der Waals surface area (Å²) in [5, 5.41) is 17.2. The third-order valence-corrected chi connectivity index (χ3v) is 1.81. The lowest BCUT2D eigenvalue weighted by molar-refractivity contribution is -0.138. The molecule has 4 heteroatoms. The summed E-state index contributed by atoms with van der Waals surface area (Å²) in [7, 11) is 0. The van der Waals surface area contributed by atoms with Gasteiger partial charge in [0, 0.05) is 18.1 Å². The van der Waals surface area contributed by atoms with Gasteiger partial charge in [0.15, 0.2) is 0 Å². The van der Waals surface area contributed by atoms with Gasteiger partial charge in [-0.25, -0.2) is 0 Å². The number of hydrogen-bond acceptors (Lipinski definition) is 3. The van der Waals surface area contributed by atoms with E-state index < -0.39 is 17.4 Å². The quantitative estimate of drug-likeness (QED) is 0.533. The third-order valence-electron chi connectivity index (χ3n) is 1.81. The van der Waals surface area contributed by atoms with E-state index in [-0.39, 0.29) is 13.0 Å². The minimum atomic E-state index is -0.931. The van der Waals surface area contributed by atoms with Gasteiger partial charge in [-0.05, 0) is 0 Å². The van der Waals surface area contributed by atoms with Crippen LogP contribution < -0.4 is 5.73 Å². The molecule has 0 bridgehead atoms. The first-order valence-electron chi connectivity index (χ1n) is 3.48. The fourth-order valence-electron chi connectivity index (χ4n) is 0.582. The highest BCUT2D eigenvalue weighted by Crippen LogP contribution is 2.19. The zero-order chi connectivity index (χ0) is 9.07. The Hall–Kier alpha value is -0.610. The molecule has 0 aromatic carbocycles. The smallest absolute Gasteiger partial charge is 0.304 e. The predicted octanol–water partition coefficient (Wildman–Crippen LogP) is -0.193. The lowest BCUT2D eigenvalue weighted by Crippen LogP contribution is -2.41. The van der Waals surface area contributed by atoms with E-state index in [0.29, 0.717) is 0 Å². The summed E-state index contributed by atoms with van der Waals surface area (Å²) in [6.45, 7) is 3.38. The minimum absolute atomic E-state index is 0.0958. The summed E-state index contributed by atoms with van der Waals surface area (Å²) in [5.41, 5.74) is 5.01. The topological polar surface area (TPSA) is 83.5 Å². The van der Waals surface area contributed by atoms with Crippen molar-refractivity contribution in [3.63, 3.8) is 0 Å². The zero-order valence-electron chi connectivity index (χ0n) is 6.87. The molecule has 0 aromatic rings. The maximum atomic E-state index is 10.2. The molecule has 0 aromatic heterocycles. The van der Waals surface area contributed by atoms with Crippen LogP contribution in [0.25, 0.3) is 0 Å². The van der Waals surface area contributed by atoms with E-state index in [1.807, 2.05) is 0 Å². The summed E-state index contributed by atoms with van der Waals surface area (Å²) < 4.78 is 0. The molecule has 0 aliphatic heterocycles. The van der Waals surface area contributed by atoms with Gasteiger partial charge in [-0.1, -0.05) is 13.8 Å². The standard InChI is InChI=1S/C7H15NO3/c1-7(2,4-9)5(8)3-6(10)11/h5,9H,3-4,8H2,1-2H3,(H,10,11). The van der Waals surface area contributed by atoms with Crippen molar-refractivity contribution in [3.05, 3.63) is 0 Å². The fourth-order valence-corrected chi connectivity index (χ4v) is 0.582. The minimum Gasteiger partial charge on any atom is -0.481 e. The van der Waals surface area contributed by atoms with Crippen LogP contribution in [0.4, 0.5) is 0 Å². The Labute approximate surface area is 66.0 Å². The molecule has 0 saturated heterocycles. The Morgan fingerprint density at radius 2 is 2.09 bits per heavy atom. The molecule has 11 heavy (non-hydrogen) atoms. The summed E-state index contributed by atoms with van der Waals surface area (Å²) in [4.78, 5) is 10.2. The van der Waals surface area contributed by atoms with E-state index in [2.05, 4.69) is 0 Å². The SMILES string of the molecule is CC(C)(CO)C(N)CC(=O)O. The Morgan fingerprint density at radius 1 is 1.64 bits per heavy atom.